The summed E-state index contributed by atoms with van der Waals surface area (Å²) in [5.41, 5.74) is 5.63. The molecule has 0 atom stereocenters. The summed E-state index contributed by atoms with van der Waals surface area (Å²) >= 11 is 12.0. The molecule has 0 radical (unpaired) electrons. The highest BCUT2D eigenvalue weighted by atomic mass is 35.5. The van der Waals surface area contributed by atoms with E-state index < -0.39 is 11.7 Å². The lowest BCUT2D eigenvalue weighted by molar-refractivity contribution is -0.137. The fourth-order valence-corrected chi connectivity index (χ4v) is 2.24. The van der Waals surface area contributed by atoms with Crippen LogP contribution >= 0.6 is 23.2 Å². The Morgan fingerprint density at radius 2 is 1.83 bits per heavy atom. The van der Waals surface area contributed by atoms with Crippen LogP contribution in [0, 0.1) is 0 Å². The molecule has 2 rings (SSSR count). The third kappa shape index (κ3) is 4.30. The quantitative estimate of drug-likeness (QED) is 0.597. The van der Waals surface area contributed by atoms with Crippen LogP contribution in [0.15, 0.2) is 47.5 Å². The summed E-state index contributed by atoms with van der Waals surface area (Å²) in [4.78, 5) is 5.44. The van der Waals surface area contributed by atoms with Gasteiger partial charge in [0.2, 0.25) is 5.96 Å². The molecule has 0 aliphatic rings. The third-order valence-electron chi connectivity index (χ3n) is 3.03. The van der Waals surface area contributed by atoms with E-state index in [1.807, 2.05) is 0 Å². The molecule has 0 fully saturated rings. The lowest BCUT2D eigenvalue weighted by atomic mass is 10.2. The Morgan fingerprint density at radius 3 is 2.48 bits per heavy atom. The molecule has 8 heteroatoms. The Bertz CT molecular complexity index is 745. The number of alkyl halides is 3. The largest absolute Gasteiger partial charge is 0.416 e. The zero-order valence-corrected chi connectivity index (χ0v) is 13.4. The van der Waals surface area contributed by atoms with Gasteiger partial charge in [0.05, 0.1) is 22.0 Å². The van der Waals surface area contributed by atoms with Crippen molar-refractivity contribution in [3.05, 3.63) is 58.1 Å². The highest BCUT2D eigenvalue weighted by Crippen LogP contribution is 2.32. The molecule has 0 spiro atoms. The first-order chi connectivity index (χ1) is 10.7. The molecule has 0 saturated carbocycles. The minimum Gasteiger partial charge on any atom is -0.369 e. The average molecular weight is 362 g/mol. The molecule has 2 aromatic carbocycles. The molecule has 2 aromatic rings. The van der Waals surface area contributed by atoms with Crippen LogP contribution in [0.3, 0.4) is 0 Å². The summed E-state index contributed by atoms with van der Waals surface area (Å²) in [5.74, 6) is -0.0199. The van der Waals surface area contributed by atoms with Gasteiger partial charge in [-0.2, -0.15) is 13.2 Å². The predicted molar refractivity (Wildman–Crippen MR) is 87.6 cm³/mol. The monoisotopic (exact) mass is 361 g/mol. The van der Waals surface area contributed by atoms with Crippen LogP contribution in [-0.2, 0) is 6.18 Å². The first kappa shape index (κ1) is 17.4. The van der Waals surface area contributed by atoms with Crippen LogP contribution in [0.2, 0.25) is 10.0 Å². The van der Waals surface area contributed by atoms with Crippen LogP contribution < -0.4 is 10.6 Å². The van der Waals surface area contributed by atoms with E-state index in [4.69, 9.17) is 28.9 Å². The average Bonchev–Trinajstić information content (AvgIpc) is 2.48. The summed E-state index contributed by atoms with van der Waals surface area (Å²) < 4.78 is 38.1. The summed E-state index contributed by atoms with van der Waals surface area (Å²) in [6.07, 6.45) is -4.44. The minimum atomic E-state index is -4.44. The van der Waals surface area contributed by atoms with Crippen molar-refractivity contribution >= 4 is 40.5 Å². The number of nitrogens with zero attached hydrogens (tertiary/aromatic N) is 2. The van der Waals surface area contributed by atoms with Crippen molar-refractivity contribution in [2.24, 2.45) is 10.7 Å². The number of guanidine groups is 1. The van der Waals surface area contributed by atoms with Gasteiger partial charge in [-0.05, 0) is 36.4 Å². The van der Waals surface area contributed by atoms with E-state index in [2.05, 4.69) is 4.99 Å². The second-order valence-corrected chi connectivity index (χ2v) is 5.52. The Labute approximate surface area is 141 Å². The van der Waals surface area contributed by atoms with E-state index in [-0.39, 0.29) is 11.6 Å². The number of halogens is 5. The highest BCUT2D eigenvalue weighted by molar-refractivity contribution is 6.35. The maximum Gasteiger partial charge on any atom is 0.416 e. The number of aliphatic imine (C=N–C) groups is 1. The minimum absolute atomic E-state index is 0.0199. The van der Waals surface area contributed by atoms with Crippen molar-refractivity contribution < 1.29 is 13.2 Å². The lowest BCUT2D eigenvalue weighted by Crippen LogP contribution is -2.33. The Morgan fingerprint density at radius 1 is 1.13 bits per heavy atom. The van der Waals surface area contributed by atoms with Gasteiger partial charge in [0.25, 0.3) is 0 Å². The van der Waals surface area contributed by atoms with Crippen molar-refractivity contribution in [2.75, 3.05) is 11.9 Å². The SMILES string of the molecule is CN(C(N)=Nc1cccc(C(F)(F)F)c1)c1cc(Cl)ccc1Cl. The lowest BCUT2D eigenvalue weighted by Gasteiger charge is -2.19. The van der Waals surface area contributed by atoms with Crippen LogP contribution in [0.1, 0.15) is 5.56 Å². The second kappa shape index (κ2) is 6.68. The first-order valence-corrected chi connectivity index (χ1v) is 7.14. The molecule has 0 aromatic heterocycles. The van der Waals surface area contributed by atoms with Gasteiger partial charge in [0.15, 0.2) is 0 Å². The normalized spacial score (nSPS) is 12.3. The number of hydrogen-bond acceptors (Lipinski definition) is 1. The van der Waals surface area contributed by atoms with Crippen LogP contribution in [0.25, 0.3) is 0 Å². The summed E-state index contributed by atoms with van der Waals surface area (Å²) in [6, 6.07) is 9.36. The third-order valence-corrected chi connectivity index (χ3v) is 3.59. The van der Waals surface area contributed by atoms with Gasteiger partial charge >= 0.3 is 6.18 Å². The molecular weight excluding hydrogens is 350 g/mol. The van der Waals surface area contributed by atoms with Crippen LogP contribution in [0.5, 0.6) is 0 Å². The van der Waals surface area contributed by atoms with Crippen molar-refractivity contribution in [1.29, 1.82) is 0 Å². The topological polar surface area (TPSA) is 41.6 Å². The van der Waals surface area contributed by atoms with Crippen molar-refractivity contribution in [3.8, 4) is 0 Å². The van der Waals surface area contributed by atoms with Gasteiger partial charge in [0.1, 0.15) is 0 Å². The van der Waals surface area contributed by atoms with Crippen molar-refractivity contribution in [2.45, 2.75) is 6.18 Å². The van der Waals surface area contributed by atoms with Crippen molar-refractivity contribution in [1.82, 2.24) is 0 Å². The molecule has 0 aliphatic heterocycles. The fourth-order valence-electron chi connectivity index (χ4n) is 1.83. The molecule has 2 N–H and O–H groups in total. The maximum atomic E-state index is 12.7. The number of hydrogen-bond donors (Lipinski definition) is 1. The Balaban J connectivity index is 2.34. The van der Waals surface area contributed by atoms with Gasteiger partial charge in [-0.15, -0.1) is 0 Å². The summed E-state index contributed by atoms with van der Waals surface area (Å²) in [5, 5.41) is 0.835. The zero-order chi connectivity index (χ0) is 17.2. The Hall–Kier alpha value is -1.92. The molecule has 23 heavy (non-hydrogen) atoms. The molecular formula is C15H12Cl2F3N3. The van der Waals surface area contributed by atoms with Crippen LogP contribution in [0.4, 0.5) is 24.5 Å². The molecule has 0 unspecified atom stereocenters. The standard InChI is InChI=1S/C15H12Cl2F3N3/c1-23(13-8-10(16)5-6-12(13)17)14(21)22-11-4-2-3-9(7-11)15(18,19)20/h2-8H,1H3,(H2,21,22). The molecule has 0 saturated heterocycles. The molecule has 122 valence electrons. The first-order valence-electron chi connectivity index (χ1n) is 6.38. The van der Waals surface area contributed by atoms with Crippen LogP contribution in [-0.4, -0.2) is 13.0 Å². The van der Waals surface area contributed by atoms with Gasteiger partial charge in [-0.1, -0.05) is 29.3 Å². The number of anilines is 1. The van der Waals surface area contributed by atoms with Gasteiger partial charge in [-0.3, -0.25) is 0 Å². The Kier molecular flexibility index (Phi) is 5.06. The van der Waals surface area contributed by atoms with E-state index in [1.54, 1.807) is 25.2 Å². The number of nitrogens with two attached hydrogens (primary N) is 1. The van der Waals surface area contributed by atoms with Crippen molar-refractivity contribution in [3.63, 3.8) is 0 Å². The van der Waals surface area contributed by atoms with Gasteiger partial charge in [-0.25, -0.2) is 4.99 Å². The highest BCUT2D eigenvalue weighted by Gasteiger charge is 2.30. The van der Waals surface area contributed by atoms with Gasteiger partial charge in [0, 0.05) is 12.1 Å². The maximum absolute atomic E-state index is 12.7. The number of rotatable bonds is 2. The summed E-state index contributed by atoms with van der Waals surface area (Å²) in [6.45, 7) is 0. The molecule has 0 heterocycles. The fraction of sp³-hybridized carbons (Fsp3) is 0.133. The van der Waals surface area contributed by atoms with E-state index in [0.29, 0.717) is 15.7 Å². The van der Waals surface area contributed by atoms with E-state index in [9.17, 15) is 13.2 Å². The smallest absolute Gasteiger partial charge is 0.369 e. The number of benzene rings is 2. The van der Waals surface area contributed by atoms with E-state index in [1.165, 1.54) is 17.0 Å². The predicted octanol–water partition coefficient (Wildman–Crippen LogP) is 5.09. The molecule has 0 amide bonds. The molecule has 0 aliphatic carbocycles. The summed E-state index contributed by atoms with van der Waals surface area (Å²) in [7, 11) is 1.59. The second-order valence-electron chi connectivity index (χ2n) is 4.67. The van der Waals surface area contributed by atoms with E-state index >= 15 is 0 Å². The van der Waals surface area contributed by atoms with E-state index in [0.717, 1.165) is 12.1 Å². The molecule has 0 bridgehead atoms. The zero-order valence-electron chi connectivity index (χ0n) is 11.9. The molecule has 3 nitrogen and oxygen atoms in total. The van der Waals surface area contributed by atoms with Gasteiger partial charge < -0.3 is 10.6 Å².